The molecule has 35 heavy (non-hydrogen) atoms. The highest BCUT2D eigenvalue weighted by molar-refractivity contribution is 7.99. The lowest BCUT2D eigenvalue weighted by Crippen LogP contribution is -2.15. The second kappa shape index (κ2) is 11.3. The van der Waals surface area contributed by atoms with Gasteiger partial charge in [0, 0.05) is 17.5 Å². The molecule has 1 amide bonds. The van der Waals surface area contributed by atoms with E-state index >= 15 is 0 Å². The molecule has 2 heterocycles. The van der Waals surface area contributed by atoms with E-state index in [4.69, 9.17) is 4.74 Å². The Kier molecular flexibility index (Phi) is 7.99. The molecule has 0 aliphatic heterocycles. The van der Waals surface area contributed by atoms with Crippen LogP contribution in [0, 0.1) is 13.8 Å². The fraction of sp³-hybridized carbons (Fsp3) is 0.231. The van der Waals surface area contributed by atoms with Gasteiger partial charge in [-0.3, -0.25) is 9.36 Å². The monoisotopic (exact) mass is 505 g/mol. The minimum atomic E-state index is -0.321. The van der Waals surface area contributed by atoms with Crippen molar-refractivity contribution < 1.29 is 9.53 Å². The van der Waals surface area contributed by atoms with Gasteiger partial charge in [0.05, 0.1) is 11.4 Å². The zero-order chi connectivity index (χ0) is 24.8. The van der Waals surface area contributed by atoms with Gasteiger partial charge in [0.2, 0.25) is 5.91 Å². The summed E-state index contributed by atoms with van der Waals surface area (Å²) in [5, 5.41) is 14.7. The van der Waals surface area contributed by atoms with Gasteiger partial charge in [-0.05, 0) is 44.0 Å². The Bertz CT molecular complexity index is 1300. The van der Waals surface area contributed by atoms with Crippen LogP contribution in [0.15, 0.2) is 71.7 Å². The Hall–Kier alpha value is -3.43. The van der Waals surface area contributed by atoms with E-state index in [1.165, 1.54) is 23.1 Å². The molecule has 4 rings (SSSR count). The molecule has 4 aromatic rings. The molecule has 7 nitrogen and oxygen atoms in total. The molecule has 1 unspecified atom stereocenters. The summed E-state index contributed by atoms with van der Waals surface area (Å²) < 4.78 is 8.08. The zero-order valence-electron chi connectivity index (χ0n) is 19.9. The van der Waals surface area contributed by atoms with Gasteiger partial charge in [0.25, 0.3) is 0 Å². The maximum absolute atomic E-state index is 12.6. The maximum Gasteiger partial charge on any atom is 0.236 e. The molecule has 0 spiro atoms. The highest BCUT2D eigenvalue weighted by Crippen LogP contribution is 2.27. The smallest absolute Gasteiger partial charge is 0.236 e. The van der Waals surface area contributed by atoms with E-state index in [0.29, 0.717) is 22.7 Å². The van der Waals surface area contributed by atoms with Gasteiger partial charge < -0.3 is 10.1 Å². The Balaban J connectivity index is 1.40. The molecule has 9 heteroatoms. The highest BCUT2D eigenvalue weighted by atomic mass is 32.2. The normalized spacial score (nSPS) is 11.7. The third kappa shape index (κ3) is 6.37. The van der Waals surface area contributed by atoms with Crippen LogP contribution in [0.1, 0.15) is 30.0 Å². The van der Waals surface area contributed by atoms with Crippen molar-refractivity contribution in [1.82, 2.24) is 19.7 Å². The van der Waals surface area contributed by atoms with Gasteiger partial charge in [0.15, 0.2) is 22.2 Å². The predicted molar refractivity (Wildman–Crippen MR) is 142 cm³/mol. The number of nitrogens with zero attached hydrogens (tertiary/aromatic N) is 4. The topological polar surface area (TPSA) is 81.9 Å². The lowest BCUT2D eigenvalue weighted by molar-refractivity contribution is -0.113. The fourth-order valence-corrected chi connectivity index (χ4v) is 5.11. The number of carbonyl (C=O) groups is 1. The van der Waals surface area contributed by atoms with E-state index in [1.54, 1.807) is 6.08 Å². The first-order chi connectivity index (χ1) is 16.9. The number of thioether (sulfide) groups is 1. The first-order valence-corrected chi connectivity index (χ1v) is 13.0. The van der Waals surface area contributed by atoms with Crippen LogP contribution in [0.4, 0.5) is 5.13 Å². The van der Waals surface area contributed by atoms with E-state index in [-0.39, 0.29) is 17.8 Å². The highest BCUT2D eigenvalue weighted by Gasteiger charge is 2.20. The first kappa shape index (κ1) is 24.7. The standard InChI is InChI=1S/C26H27N5O2S2/c1-5-11-31-24(19(4)33-21-13-17(2)12-18(3)14-21)29-30-26(31)35-16-23(32)28-25-27-22(15-34-25)20-9-7-6-8-10-20/h5-10,12-15,19H,1,11,16H2,2-4H3,(H,27,28,32). The van der Waals surface area contributed by atoms with Crippen molar-refractivity contribution in [2.45, 2.75) is 38.6 Å². The molecule has 0 fully saturated rings. The summed E-state index contributed by atoms with van der Waals surface area (Å²) in [4.78, 5) is 17.1. The lowest BCUT2D eigenvalue weighted by Gasteiger charge is -2.16. The van der Waals surface area contributed by atoms with Gasteiger partial charge >= 0.3 is 0 Å². The van der Waals surface area contributed by atoms with Crippen LogP contribution in [0.25, 0.3) is 11.3 Å². The van der Waals surface area contributed by atoms with E-state index in [0.717, 1.165) is 28.1 Å². The number of hydrogen-bond donors (Lipinski definition) is 1. The third-order valence-corrected chi connectivity index (χ3v) is 6.81. The average Bonchev–Trinajstić information content (AvgIpc) is 3.45. The molecule has 0 aliphatic carbocycles. The maximum atomic E-state index is 12.6. The molecule has 0 saturated carbocycles. The van der Waals surface area contributed by atoms with Crippen LogP contribution >= 0.6 is 23.1 Å². The molecule has 2 aromatic heterocycles. The molecule has 0 aliphatic rings. The molecular formula is C26H27N5O2S2. The van der Waals surface area contributed by atoms with Crippen LogP contribution in [0.3, 0.4) is 0 Å². The van der Waals surface area contributed by atoms with Crippen molar-refractivity contribution in [3.05, 3.63) is 83.5 Å². The Labute approximate surface area is 213 Å². The second-order valence-electron chi connectivity index (χ2n) is 8.06. The van der Waals surface area contributed by atoms with E-state index in [9.17, 15) is 4.79 Å². The Morgan fingerprint density at radius 3 is 2.66 bits per heavy atom. The van der Waals surface area contributed by atoms with Gasteiger partial charge in [-0.15, -0.1) is 28.1 Å². The number of rotatable bonds is 10. The summed E-state index contributed by atoms with van der Waals surface area (Å²) in [7, 11) is 0. The number of ether oxygens (including phenoxy) is 1. The van der Waals surface area contributed by atoms with Crippen LogP contribution in [0.2, 0.25) is 0 Å². The summed E-state index contributed by atoms with van der Waals surface area (Å²) in [6.07, 6.45) is 1.46. The molecule has 1 atom stereocenters. The number of amides is 1. The number of anilines is 1. The number of allylic oxidation sites excluding steroid dienone is 1. The number of carbonyl (C=O) groups excluding carboxylic acids is 1. The second-order valence-corrected chi connectivity index (χ2v) is 9.86. The fourth-order valence-electron chi connectivity index (χ4n) is 3.62. The molecular weight excluding hydrogens is 478 g/mol. The van der Waals surface area contributed by atoms with Crippen molar-refractivity contribution in [1.29, 1.82) is 0 Å². The van der Waals surface area contributed by atoms with Gasteiger partial charge in [-0.25, -0.2) is 4.98 Å². The molecule has 2 aromatic carbocycles. The lowest BCUT2D eigenvalue weighted by atomic mass is 10.1. The van der Waals surface area contributed by atoms with E-state index in [1.807, 2.05) is 73.2 Å². The first-order valence-electron chi connectivity index (χ1n) is 11.2. The van der Waals surface area contributed by atoms with E-state index in [2.05, 4.69) is 33.1 Å². The average molecular weight is 506 g/mol. The molecule has 180 valence electrons. The van der Waals surface area contributed by atoms with Crippen LogP contribution in [0.5, 0.6) is 5.75 Å². The number of nitrogens with one attached hydrogen (secondary N) is 1. The van der Waals surface area contributed by atoms with Gasteiger partial charge in [-0.2, -0.15) is 0 Å². The molecule has 0 bridgehead atoms. The van der Waals surface area contributed by atoms with Crippen molar-refractivity contribution in [2.24, 2.45) is 0 Å². The zero-order valence-corrected chi connectivity index (χ0v) is 21.5. The molecule has 1 N–H and O–H groups in total. The largest absolute Gasteiger partial charge is 0.483 e. The van der Waals surface area contributed by atoms with Crippen LogP contribution in [-0.4, -0.2) is 31.4 Å². The summed E-state index contributed by atoms with van der Waals surface area (Å²) in [6.45, 7) is 10.4. The quantitative estimate of drug-likeness (QED) is 0.208. The summed E-state index contributed by atoms with van der Waals surface area (Å²) in [6, 6.07) is 16.0. The van der Waals surface area contributed by atoms with Crippen molar-refractivity contribution >= 4 is 34.1 Å². The number of thiazole rings is 1. The number of aryl methyl sites for hydroxylation is 2. The Morgan fingerprint density at radius 1 is 1.20 bits per heavy atom. The number of hydrogen-bond acceptors (Lipinski definition) is 7. The Morgan fingerprint density at radius 2 is 1.94 bits per heavy atom. The molecule has 0 saturated heterocycles. The molecule has 0 radical (unpaired) electrons. The van der Waals surface area contributed by atoms with Crippen LogP contribution in [-0.2, 0) is 11.3 Å². The number of benzene rings is 2. The summed E-state index contributed by atoms with van der Waals surface area (Å²) >= 11 is 2.72. The van der Waals surface area contributed by atoms with Crippen LogP contribution < -0.4 is 10.1 Å². The van der Waals surface area contributed by atoms with Gasteiger partial charge in [-0.1, -0.05) is 54.2 Å². The summed E-state index contributed by atoms with van der Waals surface area (Å²) in [5.74, 6) is 1.50. The minimum Gasteiger partial charge on any atom is -0.483 e. The SMILES string of the molecule is C=CCn1c(SCC(=O)Nc2nc(-c3ccccc3)cs2)nnc1C(C)Oc1cc(C)cc(C)c1. The van der Waals surface area contributed by atoms with Gasteiger partial charge in [0.1, 0.15) is 5.75 Å². The van der Waals surface area contributed by atoms with Crippen molar-refractivity contribution in [2.75, 3.05) is 11.1 Å². The van der Waals surface area contributed by atoms with Crippen molar-refractivity contribution in [3.63, 3.8) is 0 Å². The third-order valence-electron chi connectivity index (χ3n) is 5.08. The number of aromatic nitrogens is 4. The predicted octanol–water partition coefficient (Wildman–Crippen LogP) is 6.08. The minimum absolute atomic E-state index is 0.154. The summed E-state index contributed by atoms with van der Waals surface area (Å²) in [5.41, 5.74) is 4.13. The van der Waals surface area contributed by atoms with Crippen molar-refractivity contribution in [3.8, 4) is 17.0 Å². The van der Waals surface area contributed by atoms with E-state index < -0.39 is 0 Å².